The Hall–Kier alpha value is -1.84. The van der Waals surface area contributed by atoms with E-state index >= 15 is 0 Å². The molecule has 4 heteroatoms. The quantitative estimate of drug-likeness (QED) is 0.394. The van der Waals surface area contributed by atoms with Gasteiger partial charge in [0.05, 0.1) is 5.39 Å². The molecule has 2 rings (SSSR count). The third-order valence-corrected chi connectivity index (χ3v) is 1.59. The molecule has 0 amide bonds. The fraction of sp³-hybridized carbons (Fsp3) is 0. The fourth-order valence-corrected chi connectivity index (χ4v) is 1.05. The monoisotopic (exact) mass is 162 g/mol. The van der Waals surface area contributed by atoms with Crippen LogP contribution in [-0.2, 0) is 0 Å². The molecule has 0 aliphatic heterocycles. The van der Waals surface area contributed by atoms with Crippen LogP contribution in [0.25, 0.3) is 10.9 Å². The number of nitrogens with zero attached hydrogens (tertiary/aromatic N) is 2. The van der Waals surface area contributed by atoms with Crippen LogP contribution in [0.15, 0.2) is 33.9 Å². The molecule has 0 unspecified atom stereocenters. The molecule has 0 bridgehead atoms. The molecule has 0 radical (unpaired) electrons. The molecule has 0 fully saturated rings. The number of hydrogen-bond acceptors (Lipinski definition) is 4. The lowest BCUT2D eigenvalue weighted by Crippen LogP contribution is -1.75. The number of oxime groups is 1. The van der Waals surface area contributed by atoms with Crippen molar-refractivity contribution in [1.82, 2.24) is 5.16 Å². The third-order valence-electron chi connectivity index (χ3n) is 1.59. The van der Waals surface area contributed by atoms with Crippen LogP contribution in [-0.4, -0.2) is 16.6 Å². The lowest BCUT2D eigenvalue weighted by Gasteiger charge is -1.83. The molecule has 60 valence electrons. The maximum Gasteiger partial charge on any atom is 0.189 e. The summed E-state index contributed by atoms with van der Waals surface area (Å²) in [5.74, 6) is 0.466. The molecule has 1 aromatic carbocycles. The van der Waals surface area contributed by atoms with Crippen molar-refractivity contribution in [3.63, 3.8) is 0 Å². The average Bonchev–Trinajstić information content (AvgIpc) is 2.50. The van der Waals surface area contributed by atoms with E-state index in [9.17, 15) is 0 Å². The number of aromatic nitrogens is 1. The topological polar surface area (TPSA) is 58.6 Å². The Morgan fingerprint density at radius 1 is 1.42 bits per heavy atom. The van der Waals surface area contributed by atoms with E-state index in [1.807, 2.05) is 24.3 Å². The van der Waals surface area contributed by atoms with Crippen LogP contribution in [0.1, 0.15) is 5.76 Å². The molecule has 12 heavy (non-hydrogen) atoms. The highest BCUT2D eigenvalue weighted by atomic mass is 16.5. The largest absolute Gasteiger partial charge is 0.411 e. The Bertz CT molecular complexity index is 420. The maximum atomic E-state index is 8.28. The summed E-state index contributed by atoms with van der Waals surface area (Å²) in [6.07, 6.45) is 1.22. The van der Waals surface area contributed by atoms with Gasteiger partial charge in [-0.3, -0.25) is 0 Å². The smallest absolute Gasteiger partial charge is 0.189 e. The molecule has 1 heterocycles. The van der Waals surface area contributed by atoms with Crippen LogP contribution in [0, 0.1) is 0 Å². The molecule has 0 spiro atoms. The zero-order valence-electron chi connectivity index (χ0n) is 6.14. The number of rotatable bonds is 1. The van der Waals surface area contributed by atoms with Crippen molar-refractivity contribution < 1.29 is 9.73 Å². The van der Waals surface area contributed by atoms with Gasteiger partial charge in [-0.25, -0.2) is 0 Å². The van der Waals surface area contributed by atoms with Crippen molar-refractivity contribution in [2.75, 3.05) is 0 Å². The molecule has 0 saturated heterocycles. The van der Waals surface area contributed by atoms with Gasteiger partial charge >= 0.3 is 0 Å². The predicted octanol–water partition coefficient (Wildman–Crippen LogP) is 1.64. The Morgan fingerprint density at radius 2 is 2.25 bits per heavy atom. The first-order chi connectivity index (χ1) is 5.92. The molecule has 0 aliphatic rings. The lowest BCUT2D eigenvalue weighted by atomic mass is 10.2. The van der Waals surface area contributed by atoms with E-state index < -0.39 is 0 Å². The van der Waals surface area contributed by atoms with Crippen molar-refractivity contribution >= 4 is 17.1 Å². The maximum absolute atomic E-state index is 8.28. The fourth-order valence-electron chi connectivity index (χ4n) is 1.05. The van der Waals surface area contributed by atoms with Crippen LogP contribution < -0.4 is 0 Å². The van der Waals surface area contributed by atoms with Crippen molar-refractivity contribution in [3.8, 4) is 0 Å². The predicted molar refractivity (Wildman–Crippen MR) is 43.4 cm³/mol. The van der Waals surface area contributed by atoms with E-state index in [0.717, 1.165) is 10.9 Å². The summed E-state index contributed by atoms with van der Waals surface area (Å²) in [5, 5.41) is 15.8. The summed E-state index contributed by atoms with van der Waals surface area (Å²) < 4.78 is 4.90. The summed E-state index contributed by atoms with van der Waals surface area (Å²) in [4.78, 5) is 0. The number of hydrogen-bond donors (Lipinski definition) is 1. The van der Waals surface area contributed by atoms with Crippen molar-refractivity contribution in [2.45, 2.75) is 0 Å². The molecular formula is C8H6N2O2. The molecule has 4 nitrogen and oxygen atoms in total. The van der Waals surface area contributed by atoms with Crippen molar-refractivity contribution in [3.05, 3.63) is 30.0 Å². The van der Waals surface area contributed by atoms with Gasteiger partial charge in [0.25, 0.3) is 0 Å². The minimum Gasteiger partial charge on any atom is -0.411 e. The van der Waals surface area contributed by atoms with Gasteiger partial charge in [0.2, 0.25) is 0 Å². The second kappa shape index (κ2) is 2.65. The standard InChI is InChI=1S/C8H6N2O2/c11-9-5-8-6-3-1-2-4-7(6)10-12-8/h1-5,11H/b9-5+. The van der Waals surface area contributed by atoms with E-state index in [4.69, 9.17) is 9.73 Å². The van der Waals surface area contributed by atoms with Gasteiger partial charge in [0.15, 0.2) is 5.76 Å². The van der Waals surface area contributed by atoms with Gasteiger partial charge in [-0.1, -0.05) is 22.4 Å². The third kappa shape index (κ3) is 0.934. The Balaban J connectivity index is 2.70. The highest BCUT2D eigenvalue weighted by molar-refractivity contribution is 5.95. The van der Waals surface area contributed by atoms with Crippen molar-refractivity contribution in [2.24, 2.45) is 5.16 Å². The van der Waals surface area contributed by atoms with Gasteiger partial charge in [-0.05, 0) is 12.1 Å². The Morgan fingerprint density at radius 3 is 3.08 bits per heavy atom. The summed E-state index contributed by atoms with van der Waals surface area (Å²) in [6, 6.07) is 7.41. The zero-order chi connectivity index (χ0) is 8.39. The highest BCUT2D eigenvalue weighted by Crippen LogP contribution is 2.15. The summed E-state index contributed by atoms with van der Waals surface area (Å²) >= 11 is 0. The van der Waals surface area contributed by atoms with E-state index in [0.29, 0.717) is 5.76 Å². The lowest BCUT2D eigenvalue weighted by molar-refractivity contribution is 0.319. The normalized spacial score (nSPS) is 11.3. The minimum absolute atomic E-state index is 0.466. The van der Waals surface area contributed by atoms with Gasteiger partial charge < -0.3 is 9.73 Å². The van der Waals surface area contributed by atoms with Gasteiger partial charge in [0, 0.05) is 0 Å². The Kier molecular flexibility index (Phi) is 1.51. The van der Waals surface area contributed by atoms with Gasteiger partial charge in [-0.2, -0.15) is 0 Å². The van der Waals surface area contributed by atoms with Gasteiger partial charge in [-0.15, -0.1) is 0 Å². The first kappa shape index (κ1) is 6.84. The first-order valence-corrected chi connectivity index (χ1v) is 3.43. The molecule has 0 atom stereocenters. The molecule has 2 aromatic rings. The van der Waals surface area contributed by atoms with E-state index in [2.05, 4.69) is 10.3 Å². The summed E-state index contributed by atoms with van der Waals surface area (Å²) in [6.45, 7) is 0. The van der Waals surface area contributed by atoms with E-state index in [1.54, 1.807) is 0 Å². The van der Waals surface area contributed by atoms with Crippen LogP contribution in [0.5, 0.6) is 0 Å². The Labute approximate surface area is 68.1 Å². The molecule has 1 N–H and O–H groups in total. The zero-order valence-corrected chi connectivity index (χ0v) is 6.14. The second-order valence-electron chi connectivity index (χ2n) is 2.31. The summed E-state index contributed by atoms with van der Waals surface area (Å²) in [7, 11) is 0. The highest BCUT2D eigenvalue weighted by Gasteiger charge is 2.03. The first-order valence-electron chi connectivity index (χ1n) is 3.43. The van der Waals surface area contributed by atoms with Gasteiger partial charge in [0.1, 0.15) is 11.7 Å². The number of fused-ring (bicyclic) bond motifs is 1. The molecule has 0 saturated carbocycles. The van der Waals surface area contributed by atoms with Crippen LogP contribution in [0.3, 0.4) is 0 Å². The molecule has 1 aromatic heterocycles. The molecule has 0 aliphatic carbocycles. The summed E-state index contributed by atoms with van der Waals surface area (Å²) in [5.41, 5.74) is 0.757. The van der Waals surface area contributed by atoms with E-state index in [1.165, 1.54) is 6.21 Å². The SMILES string of the molecule is O/N=C/c1onc2ccccc12. The van der Waals surface area contributed by atoms with Crippen LogP contribution in [0.4, 0.5) is 0 Å². The van der Waals surface area contributed by atoms with E-state index in [-0.39, 0.29) is 0 Å². The van der Waals surface area contributed by atoms with Crippen LogP contribution in [0.2, 0.25) is 0 Å². The van der Waals surface area contributed by atoms with Crippen LogP contribution >= 0.6 is 0 Å². The second-order valence-corrected chi connectivity index (χ2v) is 2.31. The molecular weight excluding hydrogens is 156 g/mol. The number of benzene rings is 1. The average molecular weight is 162 g/mol. The minimum atomic E-state index is 0.466. The van der Waals surface area contributed by atoms with Crippen molar-refractivity contribution in [1.29, 1.82) is 0 Å².